The van der Waals surface area contributed by atoms with Crippen molar-refractivity contribution >= 4 is 11.9 Å². The normalized spacial score (nSPS) is 31.4. The third kappa shape index (κ3) is 3.08. The van der Waals surface area contributed by atoms with Crippen LogP contribution in [0, 0.1) is 18.8 Å². The number of esters is 1. The number of ether oxygens (including phenoxy) is 2. The zero-order valence-electron chi connectivity index (χ0n) is 21.3. The molecule has 1 amide bonds. The Balaban J connectivity index is 1.41. The second kappa shape index (κ2) is 8.11. The predicted octanol–water partition coefficient (Wildman–Crippen LogP) is 3.23. The Bertz CT molecular complexity index is 1330. The first kappa shape index (κ1) is 23.1. The Labute approximate surface area is 212 Å². The van der Waals surface area contributed by atoms with Gasteiger partial charge in [-0.25, -0.2) is 0 Å². The van der Waals surface area contributed by atoms with Crippen LogP contribution in [0.5, 0.6) is 5.75 Å². The van der Waals surface area contributed by atoms with Gasteiger partial charge in [-0.1, -0.05) is 30.2 Å². The van der Waals surface area contributed by atoms with E-state index < -0.39 is 11.0 Å². The van der Waals surface area contributed by atoms with Gasteiger partial charge in [-0.15, -0.1) is 0 Å². The van der Waals surface area contributed by atoms with Crippen molar-refractivity contribution < 1.29 is 19.1 Å². The highest BCUT2D eigenvalue weighted by Gasteiger charge is 2.75. The molecule has 0 unspecified atom stereocenters. The summed E-state index contributed by atoms with van der Waals surface area (Å²) in [4.78, 5) is 29.9. The molecule has 186 valence electrons. The molecule has 6 rings (SSSR count). The van der Waals surface area contributed by atoms with Gasteiger partial charge in [0, 0.05) is 31.0 Å². The summed E-state index contributed by atoms with van der Waals surface area (Å²) in [6.07, 6.45) is 2.71. The van der Waals surface area contributed by atoms with Crippen LogP contribution in [0.15, 0.2) is 42.5 Å². The lowest BCUT2D eigenvalue weighted by Crippen LogP contribution is -2.78. The number of likely N-dealkylation sites (N-methyl/N-ethyl adjacent to an activating group) is 2. The quantitative estimate of drug-likeness (QED) is 0.484. The molecular weight excluding hydrogens is 452 g/mol. The fraction of sp³-hybridized carbons (Fsp3) is 0.467. The molecule has 6 nitrogen and oxygen atoms in total. The van der Waals surface area contributed by atoms with Crippen LogP contribution in [0.1, 0.15) is 48.4 Å². The van der Waals surface area contributed by atoms with Crippen LogP contribution in [0.25, 0.3) is 0 Å². The van der Waals surface area contributed by atoms with E-state index in [0.29, 0.717) is 12.8 Å². The van der Waals surface area contributed by atoms with Crippen molar-refractivity contribution in [3.8, 4) is 17.6 Å². The Morgan fingerprint density at radius 3 is 2.78 bits per heavy atom. The molecule has 2 heterocycles. The molecule has 2 aromatic carbocycles. The minimum absolute atomic E-state index is 0.0742. The third-order valence-corrected chi connectivity index (χ3v) is 9.03. The van der Waals surface area contributed by atoms with Crippen LogP contribution in [0.2, 0.25) is 0 Å². The van der Waals surface area contributed by atoms with Gasteiger partial charge >= 0.3 is 5.97 Å². The fourth-order valence-electron chi connectivity index (χ4n) is 7.61. The van der Waals surface area contributed by atoms with Crippen LogP contribution in [0.3, 0.4) is 0 Å². The maximum absolute atomic E-state index is 13.3. The number of piperidine rings is 1. The van der Waals surface area contributed by atoms with Crippen LogP contribution >= 0.6 is 0 Å². The largest absolute Gasteiger partial charge is 0.487 e. The van der Waals surface area contributed by atoms with Gasteiger partial charge in [0.1, 0.15) is 17.5 Å². The molecule has 5 atom stereocenters. The second-order valence-electron chi connectivity index (χ2n) is 10.9. The molecule has 1 spiro atoms. The Morgan fingerprint density at radius 2 is 2.00 bits per heavy atom. The first-order valence-corrected chi connectivity index (χ1v) is 12.8. The maximum atomic E-state index is 13.3. The molecule has 0 aromatic heterocycles. The Morgan fingerprint density at radius 1 is 1.19 bits per heavy atom. The van der Waals surface area contributed by atoms with Crippen molar-refractivity contribution in [1.29, 1.82) is 0 Å². The summed E-state index contributed by atoms with van der Waals surface area (Å²) in [5.41, 5.74) is 3.23. The van der Waals surface area contributed by atoms with Gasteiger partial charge in [0.05, 0.1) is 17.5 Å². The maximum Gasteiger partial charge on any atom is 0.303 e. The van der Waals surface area contributed by atoms with Gasteiger partial charge in [0.25, 0.3) is 5.91 Å². The number of likely N-dealkylation sites (tertiary alicyclic amines) is 1. The predicted molar refractivity (Wildman–Crippen MR) is 136 cm³/mol. The second-order valence-corrected chi connectivity index (χ2v) is 10.9. The molecule has 1 saturated carbocycles. The summed E-state index contributed by atoms with van der Waals surface area (Å²) < 4.78 is 13.1. The van der Waals surface area contributed by atoms with Gasteiger partial charge in [-0.3, -0.25) is 14.5 Å². The molecule has 4 aliphatic rings. The van der Waals surface area contributed by atoms with Crippen molar-refractivity contribution in [2.45, 2.75) is 68.7 Å². The highest BCUT2D eigenvalue weighted by atomic mass is 16.6. The van der Waals surface area contributed by atoms with Crippen LogP contribution < -0.4 is 4.74 Å². The van der Waals surface area contributed by atoms with Gasteiger partial charge in [-0.2, -0.15) is 0 Å². The molecule has 0 N–H and O–H groups in total. The average molecular weight is 485 g/mol. The zero-order valence-corrected chi connectivity index (χ0v) is 21.3. The number of amides is 1. The number of carbonyl (C=O) groups excluding carboxylic acids is 2. The van der Waals surface area contributed by atoms with Crippen molar-refractivity contribution in [2.75, 3.05) is 20.6 Å². The molecule has 2 fully saturated rings. The third-order valence-electron chi connectivity index (χ3n) is 9.03. The fourth-order valence-corrected chi connectivity index (χ4v) is 7.61. The number of rotatable bonds is 2. The van der Waals surface area contributed by atoms with E-state index in [9.17, 15) is 9.59 Å². The molecule has 2 aromatic rings. The standard InChI is InChI=1S/C30H32N2O4/c1-19-7-5-8-21(17-19)11-12-26(34)32(4)23-13-14-30(36-20(2)33)25-18-22-9-6-10-24-27(22)29(30,28(23)35-24)15-16-31(25)3/h5-10,17,23,25,28H,13-16,18H2,1-4H3/t23-,25+,28-,29-,30+/m0/s1. The highest BCUT2D eigenvalue weighted by molar-refractivity contribution is 5.94. The SMILES string of the molecule is CC(=O)O[C@@]12CC[C@H](N(C)C(=O)C#Cc3cccc(C)c3)[C@@H]3Oc4cccc5c4[C@@]31CCN(C)[C@@H]2C5. The number of aryl methyl sites for hydroxylation is 1. The Hall–Kier alpha value is -3.30. The summed E-state index contributed by atoms with van der Waals surface area (Å²) in [6, 6.07) is 14.0. The van der Waals surface area contributed by atoms with Crippen molar-refractivity contribution in [3.05, 3.63) is 64.7 Å². The van der Waals surface area contributed by atoms with Crippen LogP contribution in [0.4, 0.5) is 0 Å². The van der Waals surface area contributed by atoms with Gasteiger partial charge in [-0.05, 0) is 75.5 Å². The number of hydrogen-bond acceptors (Lipinski definition) is 5. The van der Waals surface area contributed by atoms with E-state index in [1.54, 1.807) is 4.90 Å². The van der Waals surface area contributed by atoms with Crippen LogP contribution in [-0.2, 0) is 26.2 Å². The summed E-state index contributed by atoms with van der Waals surface area (Å²) in [5, 5.41) is 0. The van der Waals surface area contributed by atoms with Gasteiger partial charge in [0.2, 0.25) is 0 Å². The van der Waals surface area contributed by atoms with E-state index in [1.165, 1.54) is 18.1 Å². The summed E-state index contributed by atoms with van der Waals surface area (Å²) in [7, 11) is 3.96. The summed E-state index contributed by atoms with van der Waals surface area (Å²) >= 11 is 0. The summed E-state index contributed by atoms with van der Waals surface area (Å²) in [6.45, 7) is 4.41. The number of nitrogens with zero attached hydrogens (tertiary/aromatic N) is 2. The molecule has 6 heteroatoms. The molecule has 1 saturated heterocycles. The molecule has 2 bridgehead atoms. The number of hydrogen-bond donors (Lipinski definition) is 0. The molecule has 2 aliphatic carbocycles. The molecule has 36 heavy (non-hydrogen) atoms. The lowest BCUT2D eigenvalue weighted by molar-refractivity contribution is -0.220. The number of benzene rings is 2. The average Bonchev–Trinajstić information content (AvgIpc) is 3.19. The van der Waals surface area contributed by atoms with Crippen LogP contribution in [-0.4, -0.2) is 66.1 Å². The minimum Gasteiger partial charge on any atom is -0.487 e. The van der Waals surface area contributed by atoms with E-state index in [4.69, 9.17) is 9.47 Å². The van der Waals surface area contributed by atoms with Crippen molar-refractivity contribution in [1.82, 2.24) is 9.80 Å². The van der Waals surface area contributed by atoms with E-state index >= 15 is 0 Å². The topological polar surface area (TPSA) is 59.1 Å². The zero-order chi connectivity index (χ0) is 25.2. The lowest BCUT2D eigenvalue weighted by Gasteiger charge is -2.65. The highest BCUT2D eigenvalue weighted by Crippen LogP contribution is 2.65. The molecule has 2 aliphatic heterocycles. The van der Waals surface area contributed by atoms with E-state index in [0.717, 1.165) is 36.3 Å². The smallest absolute Gasteiger partial charge is 0.303 e. The molecule has 0 radical (unpaired) electrons. The first-order valence-electron chi connectivity index (χ1n) is 12.8. The van der Waals surface area contributed by atoms with E-state index in [1.807, 2.05) is 50.4 Å². The van der Waals surface area contributed by atoms with Crippen molar-refractivity contribution in [2.24, 2.45) is 0 Å². The Kier molecular flexibility index (Phi) is 5.21. The van der Waals surface area contributed by atoms with Gasteiger partial charge < -0.3 is 14.4 Å². The number of carbonyl (C=O) groups is 2. The first-order chi connectivity index (χ1) is 17.3. The van der Waals surface area contributed by atoms with E-state index in [2.05, 4.69) is 29.9 Å². The lowest BCUT2D eigenvalue weighted by atomic mass is 9.48. The van der Waals surface area contributed by atoms with Crippen molar-refractivity contribution in [3.63, 3.8) is 0 Å². The monoisotopic (exact) mass is 484 g/mol. The molecular formula is C30H32N2O4. The minimum atomic E-state index is -0.677. The summed E-state index contributed by atoms with van der Waals surface area (Å²) in [5.74, 6) is 6.28. The van der Waals surface area contributed by atoms with E-state index in [-0.39, 0.29) is 30.1 Å². The van der Waals surface area contributed by atoms with Gasteiger partial charge in [0.15, 0.2) is 0 Å².